The molecule has 112 valence electrons. The molecule has 0 spiro atoms. The molecule has 1 aromatic rings. The predicted molar refractivity (Wildman–Crippen MR) is 83.4 cm³/mol. The van der Waals surface area contributed by atoms with Crippen molar-refractivity contribution in [2.75, 3.05) is 24.5 Å². The quantitative estimate of drug-likeness (QED) is 0.870. The molecule has 2 N–H and O–H groups in total. The van der Waals surface area contributed by atoms with Crippen molar-refractivity contribution in [2.45, 2.75) is 46.2 Å². The van der Waals surface area contributed by atoms with Crippen molar-refractivity contribution < 1.29 is 4.79 Å². The Balaban J connectivity index is 2.24. The van der Waals surface area contributed by atoms with E-state index in [1.807, 2.05) is 13.8 Å². The fraction of sp³-hybridized carbons (Fsp3) is 0.714. The van der Waals surface area contributed by atoms with Crippen LogP contribution in [0.2, 0.25) is 0 Å². The summed E-state index contributed by atoms with van der Waals surface area (Å²) in [7, 11) is 0. The second-order valence-corrected chi connectivity index (χ2v) is 6.14. The van der Waals surface area contributed by atoms with Crippen molar-refractivity contribution in [3.05, 3.63) is 10.6 Å². The zero-order valence-electron chi connectivity index (χ0n) is 12.7. The van der Waals surface area contributed by atoms with E-state index in [1.54, 1.807) is 11.3 Å². The van der Waals surface area contributed by atoms with Crippen LogP contribution in [-0.4, -0.2) is 36.6 Å². The number of thiazole rings is 1. The van der Waals surface area contributed by atoms with Crippen LogP contribution in [-0.2, 0) is 4.79 Å². The molecule has 1 fully saturated rings. The van der Waals surface area contributed by atoms with E-state index >= 15 is 0 Å². The number of amides is 1. The summed E-state index contributed by atoms with van der Waals surface area (Å²) in [6, 6.07) is 0.224. The van der Waals surface area contributed by atoms with Crippen molar-refractivity contribution in [1.29, 1.82) is 0 Å². The molecular weight excluding hydrogens is 272 g/mol. The van der Waals surface area contributed by atoms with Crippen LogP contribution >= 0.6 is 11.3 Å². The van der Waals surface area contributed by atoms with Gasteiger partial charge in [-0.2, -0.15) is 0 Å². The lowest BCUT2D eigenvalue weighted by Crippen LogP contribution is -2.55. The van der Waals surface area contributed by atoms with E-state index in [0.29, 0.717) is 12.6 Å². The SMILES string of the molecule is CCNC(C)c1sc(N2CCNC(=O)C2CC)nc1C. The summed E-state index contributed by atoms with van der Waals surface area (Å²) in [5, 5.41) is 7.33. The van der Waals surface area contributed by atoms with Gasteiger partial charge in [-0.15, -0.1) is 0 Å². The molecule has 2 rings (SSSR count). The number of aryl methyl sites for hydroxylation is 1. The lowest BCUT2D eigenvalue weighted by Gasteiger charge is -2.34. The molecule has 1 aromatic heterocycles. The minimum absolute atomic E-state index is 0.0865. The first-order valence-corrected chi connectivity index (χ1v) is 8.15. The molecular formula is C14H24N4OS. The van der Waals surface area contributed by atoms with Gasteiger partial charge >= 0.3 is 0 Å². The second-order valence-electron chi connectivity index (χ2n) is 5.13. The summed E-state index contributed by atoms with van der Waals surface area (Å²) in [5.74, 6) is 0.118. The standard InChI is InChI=1S/C14H24N4OS/c1-5-11-13(19)16-7-8-18(11)14-17-10(4)12(20-14)9(3)15-6-2/h9,11,15H,5-8H2,1-4H3,(H,16,19). The Morgan fingerprint density at radius 1 is 1.55 bits per heavy atom. The van der Waals surface area contributed by atoms with Crippen molar-refractivity contribution in [3.63, 3.8) is 0 Å². The molecule has 6 heteroatoms. The molecule has 0 aromatic carbocycles. The van der Waals surface area contributed by atoms with Gasteiger partial charge < -0.3 is 15.5 Å². The van der Waals surface area contributed by atoms with Crippen molar-refractivity contribution in [2.24, 2.45) is 0 Å². The molecule has 2 unspecified atom stereocenters. The van der Waals surface area contributed by atoms with Gasteiger partial charge in [0.25, 0.3) is 0 Å². The van der Waals surface area contributed by atoms with Crippen LogP contribution in [0.1, 0.15) is 43.8 Å². The van der Waals surface area contributed by atoms with Crippen LogP contribution in [0.15, 0.2) is 0 Å². The average molecular weight is 296 g/mol. The molecule has 20 heavy (non-hydrogen) atoms. The summed E-state index contributed by atoms with van der Waals surface area (Å²) < 4.78 is 0. The van der Waals surface area contributed by atoms with E-state index < -0.39 is 0 Å². The topological polar surface area (TPSA) is 57.3 Å². The maximum Gasteiger partial charge on any atom is 0.242 e. The number of piperazine rings is 1. The Morgan fingerprint density at radius 2 is 2.30 bits per heavy atom. The molecule has 0 saturated carbocycles. The van der Waals surface area contributed by atoms with E-state index in [-0.39, 0.29) is 11.9 Å². The van der Waals surface area contributed by atoms with E-state index in [1.165, 1.54) is 4.88 Å². The number of carbonyl (C=O) groups excluding carboxylic acids is 1. The monoisotopic (exact) mass is 296 g/mol. The molecule has 0 radical (unpaired) electrons. The van der Waals surface area contributed by atoms with Crippen molar-refractivity contribution in [3.8, 4) is 0 Å². The molecule has 2 atom stereocenters. The van der Waals surface area contributed by atoms with Gasteiger partial charge in [0.1, 0.15) is 6.04 Å². The van der Waals surface area contributed by atoms with Gasteiger partial charge in [-0.3, -0.25) is 4.79 Å². The summed E-state index contributed by atoms with van der Waals surface area (Å²) in [4.78, 5) is 20.1. The van der Waals surface area contributed by atoms with Crippen molar-refractivity contribution in [1.82, 2.24) is 15.6 Å². The molecule has 1 aliphatic rings. The largest absolute Gasteiger partial charge is 0.353 e. The lowest BCUT2D eigenvalue weighted by atomic mass is 10.1. The van der Waals surface area contributed by atoms with Gasteiger partial charge in [-0.1, -0.05) is 25.2 Å². The maximum absolute atomic E-state index is 11.9. The Labute approximate surface area is 124 Å². The number of hydrogen-bond acceptors (Lipinski definition) is 5. The Kier molecular flexibility index (Phi) is 4.99. The van der Waals surface area contributed by atoms with Crippen LogP contribution in [0.25, 0.3) is 0 Å². The summed E-state index contributed by atoms with van der Waals surface area (Å²) in [6.07, 6.45) is 0.808. The molecule has 0 bridgehead atoms. The fourth-order valence-corrected chi connectivity index (χ4v) is 3.84. The van der Waals surface area contributed by atoms with Gasteiger partial charge in [0.2, 0.25) is 5.91 Å². The third-order valence-electron chi connectivity index (χ3n) is 3.69. The zero-order valence-corrected chi connectivity index (χ0v) is 13.5. The first-order chi connectivity index (χ1) is 9.58. The Morgan fingerprint density at radius 3 is 2.95 bits per heavy atom. The highest BCUT2D eigenvalue weighted by atomic mass is 32.1. The third kappa shape index (κ3) is 2.96. The maximum atomic E-state index is 11.9. The van der Waals surface area contributed by atoms with E-state index in [0.717, 1.165) is 30.3 Å². The summed E-state index contributed by atoms with van der Waals surface area (Å²) in [5.41, 5.74) is 1.07. The first-order valence-electron chi connectivity index (χ1n) is 7.33. The highest BCUT2D eigenvalue weighted by molar-refractivity contribution is 7.15. The fourth-order valence-electron chi connectivity index (χ4n) is 2.67. The first kappa shape index (κ1) is 15.3. The van der Waals surface area contributed by atoms with Gasteiger partial charge in [0, 0.05) is 24.0 Å². The van der Waals surface area contributed by atoms with E-state index in [9.17, 15) is 4.79 Å². The molecule has 1 saturated heterocycles. The number of carbonyl (C=O) groups is 1. The van der Waals surface area contributed by atoms with Gasteiger partial charge in [-0.05, 0) is 26.8 Å². The molecule has 5 nitrogen and oxygen atoms in total. The predicted octanol–water partition coefficient (Wildman–Crippen LogP) is 1.84. The third-order valence-corrected chi connectivity index (χ3v) is 5.07. The lowest BCUT2D eigenvalue weighted by molar-refractivity contribution is -0.123. The number of aromatic nitrogens is 1. The van der Waals surface area contributed by atoms with E-state index in [4.69, 9.17) is 4.98 Å². The summed E-state index contributed by atoms with van der Waals surface area (Å²) >= 11 is 1.71. The molecule has 0 aliphatic carbocycles. The van der Waals surface area contributed by atoms with Crippen LogP contribution in [0.5, 0.6) is 0 Å². The van der Waals surface area contributed by atoms with Gasteiger partial charge in [0.15, 0.2) is 5.13 Å². The van der Waals surface area contributed by atoms with Crippen LogP contribution in [0.3, 0.4) is 0 Å². The number of anilines is 1. The Hall–Kier alpha value is -1.14. The minimum atomic E-state index is -0.0865. The van der Waals surface area contributed by atoms with Crippen LogP contribution < -0.4 is 15.5 Å². The average Bonchev–Trinajstić information content (AvgIpc) is 2.80. The highest BCUT2D eigenvalue weighted by Gasteiger charge is 2.30. The van der Waals surface area contributed by atoms with Crippen LogP contribution in [0, 0.1) is 6.92 Å². The normalized spacial score (nSPS) is 20.9. The molecule has 2 heterocycles. The zero-order chi connectivity index (χ0) is 14.7. The molecule has 1 amide bonds. The number of nitrogens with one attached hydrogen (secondary N) is 2. The van der Waals surface area contributed by atoms with Crippen LogP contribution in [0.4, 0.5) is 5.13 Å². The van der Waals surface area contributed by atoms with E-state index in [2.05, 4.69) is 29.4 Å². The second kappa shape index (κ2) is 6.54. The summed E-state index contributed by atoms with van der Waals surface area (Å²) in [6.45, 7) is 10.8. The van der Waals surface area contributed by atoms with Gasteiger partial charge in [0.05, 0.1) is 5.69 Å². The number of nitrogens with zero attached hydrogens (tertiary/aromatic N) is 2. The minimum Gasteiger partial charge on any atom is -0.353 e. The smallest absolute Gasteiger partial charge is 0.242 e. The van der Waals surface area contributed by atoms with Crippen molar-refractivity contribution >= 4 is 22.4 Å². The highest BCUT2D eigenvalue weighted by Crippen LogP contribution is 2.32. The molecule has 1 aliphatic heterocycles. The Bertz CT molecular complexity index is 474. The number of hydrogen-bond donors (Lipinski definition) is 2. The number of rotatable bonds is 5. The van der Waals surface area contributed by atoms with Gasteiger partial charge in [-0.25, -0.2) is 4.98 Å².